The Morgan fingerprint density at radius 2 is 1.86 bits per heavy atom. The van der Waals surface area contributed by atoms with E-state index in [0.29, 0.717) is 12.3 Å². The molecule has 0 aliphatic heterocycles. The minimum Gasteiger partial charge on any atom is -0.313 e. The zero-order valence-electron chi connectivity index (χ0n) is 12.4. The van der Waals surface area contributed by atoms with Gasteiger partial charge in [0.1, 0.15) is 5.82 Å². The molecule has 0 aromatic heterocycles. The van der Waals surface area contributed by atoms with Crippen molar-refractivity contribution in [2.75, 3.05) is 6.54 Å². The van der Waals surface area contributed by atoms with Gasteiger partial charge in [0.15, 0.2) is 0 Å². The smallest absolute Gasteiger partial charge is 0.127 e. The van der Waals surface area contributed by atoms with E-state index in [-0.39, 0.29) is 11.9 Å². The highest BCUT2D eigenvalue weighted by Gasteiger charge is 2.19. The first kappa shape index (κ1) is 16.2. The first-order chi connectivity index (χ1) is 10.1. The summed E-state index contributed by atoms with van der Waals surface area (Å²) in [6.45, 7) is 5.15. The minimum atomic E-state index is -0.146. The van der Waals surface area contributed by atoms with Gasteiger partial charge in [-0.1, -0.05) is 66.2 Å². The first-order valence-corrected chi connectivity index (χ1v) is 8.13. The van der Waals surface area contributed by atoms with Crippen LogP contribution in [0.25, 0.3) is 0 Å². The Bertz CT molecular complexity index is 571. The van der Waals surface area contributed by atoms with E-state index in [4.69, 9.17) is 0 Å². The molecule has 0 spiro atoms. The van der Waals surface area contributed by atoms with Crippen molar-refractivity contribution in [2.45, 2.75) is 32.2 Å². The molecule has 0 saturated heterocycles. The molecule has 2 atom stereocenters. The topological polar surface area (TPSA) is 12.0 Å². The van der Waals surface area contributed by atoms with Crippen LogP contribution in [0.5, 0.6) is 0 Å². The second-order valence-electron chi connectivity index (χ2n) is 5.30. The van der Waals surface area contributed by atoms with Crippen molar-refractivity contribution in [1.29, 1.82) is 0 Å². The summed E-state index contributed by atoms with van der Waals surface area (Å²) >= 11 is 3.30. The van der Waals surface area contributed by atoms with E-state index >= 15 is 0 Å². The van der Waals surface area contributed by atoms with Gasteiger partial charge in [-0.05, 0) is 42.1 Å². The van der Waals surface area contributed by atoms with Crippen LogP contribution in [0.1, 0.15) is 30.9 Å². The molecule has 0 saturated carbocycles. The van der Waals surface area contributed by atoms with Crippen LogP contribution >= 0.6 is 15.9 Å². The summed E-state index contributed by atoms with van der Waals surface area (Å²) in [5, 5.41) is 3.49. The Morgan fingerprint density at radius 1 is 1.14 bits per heavy atom. The fourth-order valence-electron chi connectivity index (χ4n) is 2.60. The average molecular weight is 350 g/mol. The van der Waals surface area contributed by atoms with E-state index in [9.17, 15) is 4.39 Å². The number of hydrogen-bond donors (Lipinski definition) is 1. The van der Waals surface area contributed by atoms with Gasteiger partial charge in [-0.15, -0.1) is 0 Å². The summed E-state index contributed by atoms with van der Waals surface area (Å²) in [5.41, 5.74) is 2.04. The van der Waals surface area contributed by atoms with E-state index in [1.807, 2.05) is 18.2 Å². The maximum absolute atomic E-state index is 14.1. The molecule has 0 radical (unpaired) electrons. The highest BCUT2D eigenvalue weighted by molar-refractivity contribution is 9.10. The molecule has 0 heterocycles. The second kappa shape index (κ2) is 7.71. The van der Waals surface area contributed by atoms with Gasteiger partial charge >= 0.3 is 0 Å². The van der Waals surface area contributed by atoms with Gasteiger partial charge in [0.25, 0.3) is 0 Å². The van der Waals surface area contributed by atoms with Crippen LogP contribution in [0.15, 0.2) is 53.0 Å². The third kappa shape index (κ3) is 4.39. The summed E-state index contributed by atoms with van der Waals surface area (Å²) in [6.07, 6.45) is 0.684. The normalized spacial score (nSPS) is 13.9. The van der Waals surface area contributed by atoms with E-state index in [2.05, 4.69) is 59.4 Å². The molecular formula is C18H21BrFN. The number of likely N-dealkylation sites (N-methyl/N-ethyl adjacent to an activating group) is 1. The molecule has 0 aliphatic carbocycles. The second-order valence-corrected chi connectivity index (χ2v) is 6.22. The number of benzene rings is 2. The molecule has 2 unspecified atom stereocenters. The Hall–Kier alpha value is -1.19. The Kier molecular flexibility index (Phi) is 5.95. The molecule has 1 nitrogen and oxygen atoms in total. The SMILES string of the molecule is CCNC(Cc1ccc(Br)cc1F)C(C)c1ccccc1. The van der Waals surface area contributed by atoms with Gasteiger partial charge in [-0.2, -0.15) is 0 Å². The number of rotatable bonds is 6. The molecule has 0 amide bonds. The largest absolute Gasteiger partial charge is 0.313 e. The van der Waals surface area contributed by atoms with Crippen molar-refractivity contribution in [3.05, 3.63) is 69.9 Å². The predicted molar refractivity (Wildman–Crippen MR) is 90.1 cm³/mol. The highest BCUT2D eigenvalue weighted by Crippen LogP contribution is 2.24. The van der Waals surface area contributed by atoms with E-state index in [1.165, 1.54) is 11.6 Å². The molecule has 2 rings (SSSR count). The standard InChI is InChI=1S/C18H21BrFN/c1-3-21-18(13(2)14-7-5-4-6-8-14)11-15-9-10-16(19)12-17(15)20/h4-10,12-13,18,21H,3,11H2,1-2H3. The van der Waals surface area contributed by atoms with Crippen LogP contribution in [-0.2, 0) is 6.42 Å². The van der Waals surface area contributed by atoms with E-state index < -0.39 is 0 Å². The molecule has 0 bridgehead atoms. The molecule has 1 N–H and O–H groups in total. The summed E-state index contributed by atoms with van der Waals surface area (Å²) in [6, 6.07) is 15.9. The van der Waals surface area contributed by atoms with Crippen molar-refractivity contribution in [3.63, 3.8) is 0 Å². The molecule has 21 heavy (non-hydrogen) atoms. The fraction of sp³-hybridized carbons (Fsp3) is 0.333. The lowest BCUT2D eigenvalue weighted by atomic mass is 9.89. The first-order valence-electron chi connectivity index (χ1n) is 7.34. The Labute approximate surface area is 134 Å². The highest BCUT2D eigenvalue weighted by atomic mass is 79.9. The molecule has 0 fully saturated rings. The van der Waals surface area contributed by atoms with Crippen LogP contribution < -0.4 is 5.32 Å². The van der Waals surface area contributed by atoms with Gasteiger partial charge in [0, 0.05) is 10.5 Å². The molecule has 3 heteroatoms. The van der Waals surface area contributed by atoms with Crippen molar-refractivity contribution in [3.8, 4) is 0 Å². The average Bonchev–Trinajstić information content (AvgIpc) is 2.49. The van der Waals surface area contributed by atoms with E-state index in [1.54, 1.807) is 0 Å². The molecule has 2 aromatic carbocycles. The van der Waals surface area contributed by atoms with Crippen molar-refractivity contribution >= 4 is 15.9 Å². The van der Waals surface area contributed by atoms with E-state index in [0.717, 1.165) is 16.6 Å². The Balaban J connectivity index is 2.19. The van der Waals surface area contributed by atoms with Gasteiger partial charge in [-0.3, -0.25) is 0 Å². The Morgan fingerprint density at radius 3 is 2.48 bits per heavy atom. The lowest BCUT2D eigenvalue weighted by Crippen LogP contribution is -2.35. The lowest BCUT2D eigenvalue weighted by Gasteiger charge is -2.25. The molecule has 0 aliphatic rings. The minimum absolute atomic E-state index is 0.146. The lowest BCUT2D eigenvalue weighted by molar-refractivity contribution is 0.449. The van der Waals surface area contributed by atoms with Gasteiger partial charge in [0.05, 0.1) is 0 Å². The maximum atomic E-state index is 14.1. The fourth-order valence-corrected chi connectivity index (χ4v) is 2.93. The van der Waals surface area contributed by atoms with Gasteiger partial charge < -0.3 is 5.32 Å². The third-order valence-corrected chi connectivity index (χ3v) is 4.34. The zero-order valence-corrected chi connectivity index (χ0v) is 14.0. The molecule has 112 valence electrons. The van der Waals surface area contributed by atoms with Crippen LogP contribution in [0.4, 0.5) is 4.39 Å². The van der Waals surface area contributed by atoms with Gasteiger partial charge in [0.2, 0.25) is 0 Å². The monoisotopic (exact) mass is 349 g/mol. The summed E-state index contributed by atoms with van der Waals surface area (Å²) in [7, 11) is 0. The zero-order chi connectivity index (χ0) is 15.2. The maximum Gasteiger partial charge on any atom is 0.127 e. The summed E-state index contributed by atoms with van der Waals surface area (Å²) in [4.78, 5) is 0. The summed E-state index contributed by atoms with van der Waals surface area (Å²) < 4.78 is 14.8. The number of nitrogens with one attached hydrogen (secondary N) is 1. The van der Waals surface area contributed by atoms with Crippen LogP contribution in [0, 0.1) is 5.82 Å². The van der Waals surface area contributed by atoms with Crippen LogP contribution in [0.2, 0.25) is 0 Å². The predicted octanol–water partition coefficient (Wildman–Crippen LogP) is 4.91. The third-order valence-electron chi connectivity index (χ3n) is 3.85. The number of halogens is 2. The number of hydrogen-bond acceptors (Lipinski definition) is 1. The molecule has 2 aromatic rings. The van der Waals surface area contributed by atoms with Crippen molar-refractivity contribution < 1.29 is 4.39 Å². The van der Waals surface area contributed by atoms with Crippen molar-refractivity contribution in [2.24, 2.45) is 0 Å². The van der Waals surface area contributed by atoms with Crippen LogP contribution in [0.3, 0.4) is 0 Å². The molecular weight excluding hydrogens is 329 g/mol. The summed E-state index contributed by atoms with van der Waals surface area (Å²) in [5.74, 6) is 0.182. The van der Waals surface area contributed by atoms with Gasteiger partial charge in [-0.25, -0.2) is 4.39 Å². The van der Waals surface area contributed by atoms with Crippen molar-refractivity contribution in [1.82, 2.24) is 5.32 Å². The van der Waals surface area contributed by atoms with Crippen LogP contribution in [-0.4, -0.2) is 12.6 Å². The quantitative estimate of drug-likeness (QED) is 0.780.